The van der Waals surface area contributed by atoms with Crippen LogP contribution in [0.1, 0.15) is 137 Å². The molecule has 26 heavy (non-hydrogen) atoms. The van der Waals surface area contributed by atoms with Gasteiger partial charge in [0.25, 0.3) is 0 Å². The maximum Gasteiger partial charge on any atom is -0.0228 e. The Morgan fingerprint density at radius 2 is 0.577 bits per heavy atom. The fraction of sp³-hybridized carbons (Fsp3) is 1.00. The van der Waals surface area contributed by atoms with Gasteiger partial charge in [-0.1, -0.05) is 111 Å². The van der Waals surface area contributed by atoms with Gasteiger partial charge in [0.2, 0.25) is 0 Å². The minimum absolute atomic E-state index is 0.319. The lowest BCUT2D eigenvalue weighted by Crippen LogP contribution is -2.18. The molecule has 0 heterocycles. The first-order chi connectivity index (χ1) is 12.7. The van der Waals surface area contributed by atoms with Crippen LogP contribution in [0.25, 0.3) is 0 Å². The highest BCUT2D eigenvalue weighted by atomic mass is 32.3. The van der Waals surface area contributed by atoms with Gasteiger partial charge in [0.1, 0.15) is 0 Å². The molecule has 1 unspecified atom stereocenters. The van der Waals surface area contributed by atoms with Crippen LogP contribution >= 0.6 is 10.0 Å². The first-order valence-corrected chi connectivity index (χ1v) is 14.8. The van der Waals surface area contributed by atoms with Crippen molar-refractivity contribution >= 4 is 10.0 Å². The minimum Gasteiger partial charge on any atom is -0.241 e. The molecule has 0 spiro atoms. The Labute approximate surface area is 170 Å². The number of unbranched alkanes of at least 4 members (excludes halogenated alkanes) is 13. The van der Waals surface area contributed by atoms with Crippen molar-refractivity contribution in [2.45, 2.75) is 137 Å². The zero-order valence-corrected chi connectivity index (χ0v) is 20.1. The van der Waals surface area contributed by atoms with E-state index in [9.17, 15) is 0 Å². The maximum absolute atomic E-state index is 2.40. The van der Waals surface area contributed by atoms with Crippen molar-refractivity contribution < 1.29 is 0 Å². The van der Waals surface area contributed by atoms with Crippen molar-refractivity contribution in [1.82, 2.24) is 0 Å². The molecular formula is C25H54S. The topological polar surface area (TPSA) is 0 Å². The predicted octanol–water partition coefficient (Wildman–Crippen LogP) is 9.50. The van der Waals surface area contributed by atoms with Crippen LogP contribution in [-0.2, 0) is 0 Å². The Kier molecular flexibility index (Phi) is 20.4. The number of hydrogen-bond acceptors (Lipinski definition) is 0. The molecule has 160 valence electrons. The fourth-order valence-corrected chi connectivity index (χ4v) is 8.67. The molecule has 0 aliphatic heterocycles. The van der Waals surface area contributed by atoms with Crippen LogP contribution in [-0.4, -0.2) is 23.0 Å². The van der Waals surface area contributed by atoms with Crippen LogP contribution in [0.15, 0.2) is 0 Å². The van der Waals surface area contributed by atoms with Gasteiger partial charge in [0.05, 0.1) is 0 Å². The summed E-state index contributed by atoms with van der Waals surface area (Å²) in [7, 11) is -0.319. The first-order valence-electron chi connectivity index (χ1n) is 12.5. The third-order valence-electron chi connectivity index (χ3n) is 5.97. The maximum atomic E-state index is 2.40. The first kappa shape index (κ1) is 26.4. The molecule has 0 saturated carbocycles. The zero-order valence-electron chi connectivity index (χ0n) is 19.3. The summed E-state index contributed by atoms with van der Waals surface area (Å²) in [6.45, 7) is 9.41. The van der Waals surface area contributed by atoms with E-state index < -0.39 is 0 Å². The average molecular weight is 387 g/mol. The molecule has 0 saturated heterocycles. The Morgan fingerprint density at radius 1 is 0.308 bits per heavy atom. The zero-order chi connectivity index (χ0) is 19.3. The van der Waals surface area contributed by atoms with Crippen molar-refractivity contribution in [1.29, 1.82) is 0 Å². The molecule has 0 aliphatic rings. The van der Waals surface area contributed by atoms with Gasteiger partial charge in [0.15, 0.2) is 0 Å². The van der Waals surface area contributed by atoms with Gasteiger partial charge in [0, 0.05) is 0 Å². The van der Waals surface area contributed by atoms with Gasteiger partial charge in [-0.2, -0.15) is 0 Å². The van der Waals surface area contributed by atoms with E-state index in [0.717, 1.165) is 0 Å². The molecule has 0 aromatic heterocycles. The van der Waals surface area contributed by atoms with Crippen molar-refractivity contribution in [3.8, 4) is 0 Å². The van der Waals surface area contributed by atoms with Gasteiger partial charge in [-0.3, -0.25) is 0 Å². The average Bonchev–Trinajstić information content (AvgIpc) is 2.66. The van der Waals surface area contributed by atoms with Crippen LogP contribution in [0.4, 0.5) is 0 Å². The normalized spacial score (nSPS) is 15.1. The highest BCUT2D eigenvalue weighted by molar-refractivity contribution is 8.33. The summed E-state index contributed by atoms with van der Waals surface area (Å²) in [4.78, 5) is 0. The second-order valence-electron chi connectivity index (χ2n) is 8.64. The van der Waals surface area contributed by atoms with Crippen LogP contribution in [0, 0.1) is 0 Å². The number of rotatable bonds is 21. The monoisotopic (exact) mass is 386 g/mol. The molecule has 0 aromatic carbocycles. The molecule has 0 bridgehead atoms. The van der Waals surface area contributed by atoms with E-state index in [1.165, 1.54) is 109 Å². The largest absolute Gasteiger partial charge is 0.241 e. The Morgan fingerprint density at radius 3 is 0.962 bits per heavy atom. The third-order valence-corrected chi connectivity index (χ3v) is 10.6. The lowest BCUT2D eigenvalue weighted by Gasteiger charge is -2.41. The summed E-state index contributed by atoms with van der Waals surface area (Å²) in [6.07, 6.45) is 24.9. The fourth-order valence-electron chi connectivity index (χ4n) is 4.10. The summed E-state index contributed by atoms with van der Waals surface area (Å²) >= 11 is 0. The number of hydrogen-bond donors (Lipinski definition) is 0. The van der Waals surface area contributed by atoms with E-state index >= 15 is 0 Å². The lowest BCUT2D eigenvalue weighted by molar-refractivity contribution is 0.624. The summed E-state index contributed by atoms with van der Waals surface area (Å²) in [5.74, 6) is 6.42. The quantitative estimate of drug-likeness (QED) is 0.172. The van der Waals surface area contributed by atoms with E-state index in [-0.39, 0.29) is 10.0 Å². The van der Waals surface area contributed by atoms with Crippen LogP contribution in [0.2, 0.25) is 0 Å². The van der Waals surface area contributed by atoms with Crippen molar-refractivity contribution in [2.75, 3.05) is 23.0 Å². The van der Waals surface area contributed by atoms with E-state index in [0.29, 0.717) is 0 Å². The summed E-state index contributed by atoms with van der Waals surface area (Å²) in [5.41, 5.74) is 0. The van der Waals surface area contributed by atoms with E-state index in [1.807, 2.05) is 0 Å². The van der Waals surface area contributed by atoms with Crippen molar-refractivity contribution in [3.05, 3.63) is 0 Å². The smallest absolute Gasteiger partial charge is 0.0228 e. The molecule has 0 aliphatic carbocycles. The molecule has 1 heteroatoms. The Bertz CT molecular complexity index is 263. The second kappa shape index (κ2) is 20.1. The summed E-state index contributed by atoms with van der Waals surface area (Å²) in [5, 5.41) is 0. The van der Waals surface area contributed by atoms with Gasteiger partial charge in [-0.25, -0.2) is 10.0 Å². The lowest BCUT2D eigenvalue weighted by atomic mass is 10.1. The van der Waals surface area contributed by atoms with Gasteiger partial charge >= 0.3 is 0 Å². The van der Waals surface area contributed by atoms with Crippen LogP contribution in [0.3, 0.4) is 0 Å². The summed E-state index contributed by atoms with van der Waals surface area (Å²) in [6, 6.07) is 0. The summed E-state index contributed by atoms with van der Waals surface area (Å²) < 4.78 is 0. The van der Waals surface area contributed by atoms with Crippen LogP contribution in [0.5, 0.6) is 0 Å². The SMILES string of the molecule is CCCCCCCCS(CCCC)(CCCCCC)CCCCCCC. The molecular weight excluding hydrogens is 332 g/mol. The molecule has 0 radical (unpaired) electrons. The molecule has 0 N–H and O–H groups in total. The highest BCUT2D eigenvalue weighted by Crippen LogP contribution is 2.51. The van der Waals surface area contributed by atoms with E-state index in [2.05, 4.69) is 27.7 Å². The molecule has 0 aromatic rings. The van der Waals surface area contributed by atoms with E-state index in [1.54, 1.807) is 23.0 Å². The third kappa shape index (κ3) is 15.4. The molecule has 0 amide bonds. The van der Waals surface area contributed by atoms with E-state index in [4.69, 9.17) is 0 Å². The highest BCUT2D eigenvalue weighted by Gasteiger charge is 2.22. The predicted molar refractivity (Wildman–Crippen MR) is 128 cm³/mol. The second-order valence-corrected chi connectivity index (χ2v) is 12.7. The van der Waals surface area contributed by atoms with Gasteiger partial charge < -0.3 is 0 Å². The minimum atomic E-state index is -0.319. The van der Waals surface area contributed by atoms with Gasteiger partial charge in [-0.05, 0) is 48.7 Å². The van der Waals surface area contributed by atoms with Crippen molar-refractivity contribution in [3.63, 3.8) is 0 Å². The van der Waals surface area contributed by atoms with Gasteiger partial charge in [-0.15, -0.1) is 0 Å². The molecule has 0 rings (SSSR count). The molecule has 0 fully saturated rings. The van der Waals surface area contributed by atoms with Crippen LogP contribution < -0.4 is 0 Å². The standard InChI is InChI=1S/C25H54S/c1-5-9-13-16-18-21-25-26(22-12-8-4,23-19-15-11-7-3)24-20-17-14-10-6-2/h5-25H2,1-4H3. The Balaban J connectivity index is 4.49. The molecule has 1 atom stereocenters. The Hall–Kier alpha value is 0.350. The van der Waals surface area contributed by atoms with Crippen molar-refractivity contribution in [2.24, 2.45) is 0 Å². The molecule has 0 nitrogen and oxygen atoms in total.